The summed E-state index contributed by atoms with van der Waals surface area (Å²) < 4.78 is 0. The van der Waals surface area contributed by atoms with Crippen LogP contribution < -0.4 is 5.73 Å². The number of rotatable bonds is 2. The summed E-state index contributed by atoms with van der Waals surface area (Å²) in [4.78, 5) is 5.34. The number of benzene rings is 1. The zero-order valence-corrected chi connectivity index (χ0v) is 8.37. The van der Waals surface area contributed by atoms with Gasteiger partial charge in [0.05, 0.1) is 0 Å². The molecule has 0 aliphatic heterocycles. The van der Waals surface area contributed by atoms with Gasteiger partial charge in [-0.15, -0.1) is 0 Å². The molecule has 2 rings (SSSR count). The molecule has 14 heavy (non-hydrogen) atoms. The molecule has 1 heterocycles. The van der Waals surface area contributed by atoms with Gasteiger partial charge in [-0.1, -0.05) is 23.9 Å². The van der Waals surface area contributed by atoms with E-state index in [1.54, 1.807) is 18.0 Å². The highest BCUT2D eigenvalue weighted by atomic mass is 32.2. The summed E-state index contributed by atoms with van der Waals surface area (Å²) in [5, 5.41) is 0.984. The van der Waals surface area contributed by atoms with Gasteiger partial charge in [0.1, 0.15) is 5.03 Å². The Morgan fingerprint density at radius 1 is 1.07 bits per heavy atom. The van der Waals surface area contributed by atoms with Crippen molar-refractivity contribution in [2.75, 3.05) is 5.73 Å². The molecule has 2 aromatic rings. The monoisotopic (exact) mass is 202 g/mol. The smallest absolute Gasteiger partial charge is 0.101 e. The van der Waals surface area contributed by atoms with Crippen molar-refractivity contribution < 1.29 is 0 Å². The molecule has 0 fully saturated rings. The molecule has 0 atom stereocenters. The second kappa shape index (κ2) is 4.15. The summed E-state index contributed by atoms with van der Waals surface area (Å²) in [5.41, 5.74) is 6.46. The minimum absolute atomic E-state index is 0.783. The van der Waals surface area contributed by atoms with Crippen molar-refractivity contribution in [1.29, 1.82) is 0 Å². The lowest BCUT2D eigenvalue weighted by atomic mass is 10.3. The van der Waals surface area contributed by atoms with Crippen LogP contribution in [0.3, 0.4) is 0 Å². The van der Waals surface area contributed by atoms with E-state index in [-0.39, 0.29) is 0 Å². The molecule has 3 heteroatoms. The van der Waals surface area contributed by atoms with Crippen LogP contribution in [0, 0.1) is 0 Å². The van der Waals surface area contributed by atoms with Gasteiger partial charge in [0.2, 0.25) is 0 Å². The average molecular weight is 202 g/mol. The second-order valence-corrected chi connectivity index (χ2v) is 3.94. The van der Waals surface area contributed by atoms with Crippen LogP contribution in [-0.4, -0.2) is 4.98 Å². The first kappa shape index (κ1) is 9.09. The molecule has 0 unspecified atom stereocenters. The minimum Gasteiger partial charge on any atom is -0.399 e. The summed E-state index contributed by atoms with van der Waals surface area (Å²) in [6.07, 6.45) is 1.79. The van der Waals surface area contributed by atoms with E-state index in [0.29, 0.717) is 0 Å². The van der Waals surface area contributed by atoms with Gasteiger partial charge >= 0.3 is 0 Å². The van der Waals surface area contributed by atoms with Crippen LogP contribution in [0.15, 0.2) is 58.6 Å². The summed E-state index contributed by atoms with van der Waals surface area (Å²) in [6.45, 7) is 0. The van der Waals surface area contributed by atoms with E-state index in [9.17, 15) is 0 Å². The van der Waals surface area contributed by atoms with Gasteiger partial charge in [0, 0.05) is 16.8 Å². The maximum Gasteiger partial charge on any atom is 0.101 e. The molecule has 0 aliphatic rings. The van der Waals surface area contributed by atoms with Crippen LogP contribution in [0.25, 0.3) is 0 Å². The lowest BCUT2D eigenvalue weighted by Crippen LogP contribution is -1.84. The molecule has 2 nitrogen and oxygen atoms in total. The Bertz CT molecular complexity index is 415. The number of anilines is 1. The van der Waals surface area contributed by atoms with Gasteiger partial charge in [0.25, 0.3) is 0 Å². The Kier molecular flexibility index (Phi) is 2.70. The van der Waals surface area contributed by atoms with Gasteiger partial charge in [-0.25, -0.2) is 4.98 Å². The van der Waals surface area contributed by atoms with Gasteiger partial charge in [-0.3, -0.25) is 0 Å². The zero-order chi connectivity index (χ0) is 9.80. The highest BCUT2D eigenvalue weighted by Crippen LogP contribution is 2.26. The van der Waals surface area contributed by atoms with Crippen LogP contribution in [0.1, 0.15) is 0 Å². The number of nitrogens with zero attached hydrogens (tertiary/aromatic N) is 1. The van der Waals surface area contributed by atoms with Crippen LogP contribution in [0.5, 0.6) is 0 Å². The fourth-order valence-corrected chi connectivity index (χ4v) is 1.95. The Balaban J connectivity index is 2.19. The van der Waals surface area contributed by atoms with E-state index in [4.69, 9.17) is 5.73 Å². The van der Waals surface area contributed by atoms with Crippen LogP contribution in [-0.2, 0) is 0 Å². The number of pyridine rings is 1. The first-order valence-corrected chi connectivity index (χ1v) is 5.11. The highest BCUT2D eigenvalue weighted by Gasteiger charge is 1.97. The Morgan fingerprint density at radius 3 is 2.71 bits per heavy atom. The SMILES string of the molecule is Nc1cccc(Sc2ccccn2)c1. The van der Waals surface area contributed by atoms with Crippen molar-refractivity contribution >= 4 is 17.4 Å². The molecule has 0 aliphatic carbocycles. The molecule has 70 valence electrons. The third kappa shape index (κ3) is 2.26. The zero-order valence-electron chi connectivity index (χ0n) is 7.55. The summed E-state index contributed by atoms with van der Waals surface area (Å²) in [6, 6.07) is 13.6. The van der Waals surface area contributed by atoms with E-state index in [1.165, 1.54) is 0 Å². The van der Waals surface area contributed by atoms with E-state index in [0.717, 1.165) is 15.6 Å². The van der Waals surface area contributed by atoms with Crippen LogP contribution >= 0.6 is 11.8 Å². The number of hydrogen-bond donors (Lipinski definition) is 1. The first-order valence-electron chi connectivity index (χ1n) is 4.29. The number of nitrogens with two attached hydrogens (primary N) is 1. The van der Waals surface area contributed by atoms with Gasteiger partial charge in [0.15, 0.2) is 0 Å². The summed E-state index contributed by atoms with van der Waals surface area (Å²) in [5.74, 6) is 0. The third-order valence-corrected chi connectivity index (χ3v) is 2.66. The predicted octanol–water partition coefficient (Wildman–Crippen LogP) is 2.82. The standard InChI is InChI=1S/C11H10N2S/c12-9-4-3-5-10(8-9)14-11-6-1-2-7-13-11/h1-8H,12H2. The molecule has 2 N–H and O–H groups in total. The molecule has 0 saturated carbocycles. The van der Waals surface area contributed by atoms with Crippen molar-refractivity contribution in [3.05, 3.63) is 48.7 Å². The second-order valence-electron chi connectivity index (χ2n) is 2.84. The molecule has 1 aromatic carbocycles. The topological polar surface area (TPSA) is 38.9 Å². The van der Waals surface area contributed by atoms with Crippen LogP contribution in [0.4, 0.5) is 5.69 Å². The fraction of sp³-hybridized carbons (Fsp3) is 0. The quantitative estimate of drug-likeness (QED) is 0.761. The Hall–Kier alpha value is -1.48. The van der Waals surface area contributed by atoms with Crippen molar-refractivity contribution in [3.63, 3.8) is 0 Å². The number of nitrogen functional groups attached to an aromatic ring is 1. The van der Waals surface area contributed by atoms with E-state index in [2.05, 4.69) is 4.98 Å². The minimum atomic E-state index is 0.783. The number of hydrogen-bond acceptors (Lipinski definition) is 3. The molecule has 0 saturated heterocycles. The maximum atomic E-state index is 5.68. The summed E-state index contributed by atoms with van der Waals surface area (Å²) in [7, 11) is 0. The normalized spacial score (nSPS) is 10.0. The van der Waals surface area contributed by atoms with Crippen molar-refractivity contribution in [2.24, 2.45) is 0 Å². The average Bonchev–Trinajstić information content (AvgIpc) is 2.19. The lowest BCUT2D eigenvalue weighted by Gasteiger charge is -2.00. The molecule has 1 aromatic heterocycles. The molecule has 0 bridgehead atoms. The highest BCUT2D eigenvalue weighted by molar-refractivity contribution is 7.99. The first-order chi connectivity index (χ1) is 6.84. The van der Waals surface area contributed by atoms with Gasteiger partial charge in [-0.05, 0) is 30.3 Å². The summed E-state index contributed by atoms with van der Waals surface area (Å²) >= 11 is 1.61. The lowest BCUT2D eigenvalue weighted by molar-refractivity contribution is 1.13. The van der Waals surface area contributed by atoms with Crippen LogP contribution in [0.2, 0.25) is 0 Å². The Labute approximate surface area is 87.2 Å². The Morgan fingerprint density at radius 2 is 2.00 bits per heavy atom. The van der Waals surface area contributed by atoms with Crippen molar-refractivity contribution in [2.45, 2.75) is 9.92 Å². The van der Waals surface area contributed by atoms with E-state index < -0.39 is 0 Å². The largest absolute Gasteiger partial charge is 0.399 e. The third-order valence-electron chi connectivity index (χ3n) is 1.72. The van der Waals surface area contributed by atoms with Crippen molar-refractivity contribution in [1.82, 2.24) is 4.98 Å². The molecular formula is C11H10N2S. The molecule has 0 spiro atoms. The predicted molar refractivity (Wildman–Crippen MR) is 59.2 cm³/mol. The maximum absolute atomic E-state index is 5.68. The molecule has 0 amide bonds. The number of aromatic nitrogens is 1. The van der Waals surface area contributed by atoms with Gasteiger partial charge in [-0.2, -0.15) is 0 Å². The van der Waals surface area contributed by atoms with Crippen molar-refractivity contribution in [3.8, 4) is 0 Å². The van der Waals surface area contributed by atoms with Gasteiger partial charge < -0.3 is 5.73 Å². The molecular weight excluding hydrogens is 192 g/mol. The fourth-order valence-electron chi connectivity index (χ4n) is 1.11. The molecule has 0 radical (unpaired) electrons. The van der Waals surface area contributed by atoms with E-state index >= 15 is 0 Å². The van der Waals surface area contributed by atoms with E-state index in [1.807, 2.05) is 42.5 Å².